The number of benzene rings is 1. The monoisotopic (exact) mass is 253 g/mol. The highest BCUT2D eigenvalue weighted by Crippen LogP contribution is 2.18. The van der Waals surface area contributed by atoms with Crippen LogP contribution in [0.3, 0.4) is 0 Å². The Morgan fingerprint density at radius 1 is 1.26 bits per heavy atom. The number of carbonyl (C=O) groups is 1. The number of fused-ring (bicyclic) bond motifs is 1. The van der Waals surface area contributed by atoms with E-state index in [1.54, 1.807) is 6.20 Å². The van der Waals surface area contributed by atoms with Crippen LogP contribution < -0.4 is 0 Å². The lowest BCUT2D eigenvalue weighted by atomic mass is 10.1. The lowest BCUT2D eigenvalue weighted by molar-refractivity contribution is 0.0690. The number of aryl methyl sites for hydroxylation is 1. The van der Waals surface area contributed by atoms with Crippen LogP contribution >= 0.6 is 0 Å². The molecule has 1 N–H and O–H groups in total. The summed E-state index contributed by atoms with van der Waals surface area (Å²) in [5.74, 6) is -0.400. The number of para-hydroxylation sites is 1. The molecule has 0 spiro atoms. The van der Waals surface area contributed by atoms with Gasteiger partial charge in [0.15, 0.2) is 11.5 Å². The van der Waals surface area contributed by atoms with Gasteiger partial charge in [0.25, 0.3) is 0 Å². The molecule has 0 aliphatic carbocycles. The Bertz CT molecular complexity index is 777. The van der Waals surface area contributed by atoms with Crippen LogP contribution in [0.15, 0.2) is 42.6 Å². The normalized spacial score (nSPS) is 10.8. The van der Waals surface area contributed by atoms with Gasteiger partial charge in [0.05, 0.1) is 5.52 Å². The van der Waals surface area contributed by atoms with Crippen LogP contribution in [0.4, 0.5) is 0 Å². The molecule has 3 aromatic rings. The molecule has 0 fully saturated rings. The second-order valence-corrected chi connectivity index (χ2v) is 4.27. The van der Waals surface area contributed by atoms with Crippen molar-refractivity contribution >= 4 is 16.9 Å². The Labute approximate surface area is 109 Å². The maximum Gasteiger partial charge on any atom is 0.356 e. The number of rotatable bonds is 2. The minimum atomic E-state index is -1.04. The first kappa shape index (κ1) is 11.4. The van der Waals surface area contributed by atoms with Gasteiger partial charge in [0.2, 0.25) is 0 Å². The molecule has 0 saturated carbocycles. The Hall–Kier alpha value is -2.69. The van der Waals surface area contributed by atoms with Gasteiger partial charge in [-0.2, -0.15) is 5.10 Å². The number of nitrogens with zero attached hydrogens (tertiary/aromatic N) is 3. The van der Waals surface area contributed by atoms with E-state index in [0.29, 0.717) is 5.82 Å². The maximum absolute atomic E-state index is 10.8. The van der Waals surface area contributed by atoms with Crippen LogP contribution in [0, 0.1) is 6.92 Å². The number of hydrogen-bond donors (Lipinski definition) is 1. The summed E-state index contributed by atoms with van der Waals surface area (Å²) >= 11 is 0. The van der Waals surface area contributed by atoms with Crippen molar-refractivity contribution in [2.45, 2.75) is 6.92 Å². The molecule has 0 saturated heterocycles. The van der Waals surface area contributed by atoms with E-state index in [1.807, 2.05) is 37.3 Å². The summed E-state index contributed by atoms with van der Waals surface area (Å²) in [6.07, 6.45) is 1.60. The molecule has 0 aliphatic rings. The zero-order valence-electron chi connectivity index (χ0n) is 10.2. The van der Waals surface area contributed by atoms with Gasteiger partial charge >= 0.3 is 5.97 Å². The number of carboxylic acid groups (broad SMARTS) is 1. The van der Waals surface area contributed by atoms with Gasteiger partial charge in [-0.15, -0.1) is 0 Å². The predicted molar refractivity (Wildman–Crippen MR) is 70.6 cm³/mol. The number of pyridine rings is 1. The first-order valence-electron chi connectivity index (χ1n) is 5.81. The second kappa shape index (κ2) is 4.20. The molecular weight excluding hydrogens is 242 g/mol. The van der Waals surface area contributed by atoms with Gasteiger partial charge in [0, 0.05) is 11.6 Å². The summed E-state index contributed by atoms with van der Waals surface area (Å²) in [6.45, 7) is 1.93. The molecule has 5 nitrogen and oxygen atoms in total. The van der Waals surface area contributed by atoms with Crippen molar-refractivity contribution in [3.05, 3.63) is 53.9 Å². The first-order valence-corrected chi connectivity index (χ1v) is 5.81. The number of hydrogen-bond acceptors (Lipinski definition) is 3. The molecule has 0 unspecified atom stereocenters. The third-order valence-corrected chi connectivity index (χ3v) is 2.91. The summed E-state index contributed by atoms with van der Waals surface area (Å²) in [5, 5.41) is 13.9. The molecule has 0 amide bonds. The first-order chi connectivity index (χ1) is 9.15. The van der Waals surface area contributed by atoms with Crippen LogP contribution in [0.5, 0.6) is 0 Å². The molecule has 0 atom stereocenters. The van der Waals surface area contributed by atoms with E-state index >= 15 is 0 Å². The fraction of sp³-hybridized carbons (Fsp3) is 0.0714. The standard InChI is InChI=1S/C14H11N3O2/c1-9-8-10-4-2-3-5-11(10)15-13(9)17-7-6-12(16-17)14(18)19/h2-8H,1H3,(H,18,19). The van der Waals surface area contributed by atoms with Crippen molar-refractivity contribution in [3.63, 3.8) is 0 Å². The molecule has 0 bridgehead atoms. The highest BCUT2D eigenvalue weighted by Gasteiger charge is 2.10. The van der Waals surface area contributed by atoms with E-state index in [9.17, 15) is 4.79 Å². The number of carboxylic acids is 1. The molecule has 2 aromatic heterocycles. The Kier molecular flexibility index (Phi) is 2.52. The minimum absolute atomic E-state index is 0.00867. The molecule has 3 rings (SSSR count). The van der Waals surface area contributed by atoms with Crippen LogP contribution in [0.25, 0.3) is 16.7 Å². The van der Waals surface area contributed by atoms with E-state index in [2.05, 4.69) is 10.1 Å². The largest absolute Gasteiger partial charge is 0.476 e. The van der Waals surface area contributed by atoms with Crippen LogP contribution in [-0.2, 0) is 0 Å². The smallest absolute Gasteiger partial charge is 0.356 e. The minimum Gasteiger partial charge on any atom is -0.476 e. The van der Waals surface area contributed by atoms with E-state index in [0.717, 1.165) is 16.5 Å². The van der Waals surface area contributed by atoms with Crippen LogP contribution in [0.1, 0.15) is 16.1 Å². The molecule has 0 aliphatic heterocycles. The van der Waals surface area contributed by atoms with Gasteiger partial charge in [-0.1, -0.05) is 18.2 Å². The van der Waals surface area contributed by atoms with Crippen molar-refractivity contribution in [2.75, 3.05) is 0 Å². The van der Waals surface area contributed by atoms with Crippen LogP contribution in [-0.4, -0.2) is 25.8 Å². The zero-order chi connectivity index (χ0) is 13.4. The van der Waals surface area contributed by atoms with Crippen molar-refractivity contribution in [1.82, 2.24) is 14.8 Å². The van der Waals surface area contributed by atoms with E-state index in [1.165, 1.54) is 10.7 Å². The fourth-order valence-corrected chi connectivity index (χ4v) is 2.00. The molecule has 94 valence electrons. The Morgan fingerprint density at radius 2 is 2.05 bits per heavy atom. The summed E-state index contributed by atoms with van der Waals surface area (Å²) < 4.78 is 1.49. The van der Waals surface area contributed by atoms with Crippen molar-refractivity contribution < 1.29 is 9.90 Å². The molecule has 1 aromatic carbocycles. The average molecular weight is 253 g/mol. The van der Waals surface area contributed by atoms with E-state index in [-0.39, 0.29) is 5.69 Å². The van der Waals surface area contributed by atoms with E-state index < -0.39 is 5.97 Å². The summed E-state index contributed by atoms with van der Waals surface area (Å²) in [6, 6.07) is 11.3. The van der Waals surface area contributed by atoms with Gasteiger partial charge in [-0.05, 0) is 30.7 Å². The average Bonchev–Trinajstić information content (AvgIpc) is 2.87. The highest BCUT2D eigenvalue weighted by molar-refractivity contribution is 5.85. The lowest BCUT2D eigenvalue weighted by Gasteiger charge is -2.06. The van der Waals surface area contributed by atoms with Crippen molar-refractivity contribution in [3.8, 4) is 5.82 Å². The SMILES string of the molecule is Cc1cc2ccccc2nc1-n1ccc(C(=O)O)n1. The predicted octanol–water partition coefficient (Wildman–Crippen LogP) is 2.43. The Morgan fingerprint density at radius 3 is 2.79 bits per heavy atom. The van der Waals surface area contributed by atoms with E-state index in [4.69, 9.17) is 5.11 Å². The van der Waals surface area contributed by atoms with Gasteiger partial charge in [-0.25, -0.2) is 14.5 Å². The lowest BCUT2D eigenvalue weighted by Crippen LogP contribution is -2.04. The summed E-state index contributed by atoms with van der Waals surface area (Å²) in [4.78, 5) is 15.4. The molecule has 5 heteroatoms. The summed E-state index contributed by atoms with van der Waals surface area (Å²) in [7, 11) is 0. The van der Waals surface area contributed by atoms with Gasteiger partial charge in [0.1, 0.15) is 0 Å². The Balaban J connectivity index is 2.18. The second-order valence-electron chi connectivity index (χ2n) is 4.27. The zero-order valence-corrected chi connectivity index (χ0v) is 10.2. The molecule has 19 heavy (non-hydrogen) atoms. The quantitative estimate of drug-likeness (QED) is 0.761. The molecule has 2 heterocycles. The maximum atomic E-state index is 10.8. The third-order valence-electron chi connectivity index (χ3n) is 2.91. The van der Waals surface area contributed by atoms with Crippen molar-refractivity contribution in [2.24, 2.45) is 0 Å². The van der Waals surface area contributed by atoms with Crippen molar-refractivity contribution in [1.29, 1.82) is 0 Å². The highest BCUT2D eigenvalue weighted by atomic mass is 16.4. The number of aromatic carboxylic acids is 1. The van der Waals surface area contributed by atoms with Crippen LogP contribution in [0.2, 0.25) is 0 Å². The fourth-order valence-electron chi connectivity index (χ4n) is 2.00. The molecule has 0 radical (unpaired) electrons. The van der Waals surface area contributed by atoms with Gasteiger partial charge < -0.3 is 5.11 Å². The number of aromatic nitrogens is 3. The van der Waals surface area contributed by atoms with Gasteiger partial charge in [-0.3, -0.25) is 0 Å². The third kappa shape index (κ3) is 1.95. The topological polar surface area (TPSA) is 68.0 Å². The summed E-state index contributed by atoms with van der Waals surface area (Å²) in [5.41, 5.74) is 1.81. The molecular formula is C14H11N3O2.